The van der Waals surface area contributed by atoms with E-state index in [0.29, 0.717) is 11.8 Å². The van der Waals surface area contributed by atoms with Gasteiger partial charge in [-0.1, -0.05) is 6.42 Å². The number of hydrogen-bond donors (Lipinski definition) is 1. The number of hydrogen-bond acceptors (Lipinski definition) is 5. The summed E-state index contributed by atoms with van der Waals surface area (Å²) in [7, 11) is 3.56. The second-order valence-electron chi connectivity index (χ2n) is 8.94. The fourth-order valence-corrected chi connectivity index (χ4v) is 4.73. The first-order chi connectivity index (χ1) is 15.7. The predicted molar refractivity (Wildman–Crippen MR) is 144 cm³/mol. The summed E-state index contributed by atoms with van der Waals surface area (Å²) < 4.78 is 5.26. The lowest BCUT2D eigenvalue weighted by molar-refractivity contribution is -0.139. The van der Waals surface area contributed by atoms with Crippen molar-refractivity contribution < 1.29 is 9.53 Å². The van der Waals surface area contributed by atoms with E-state index in [4.69, 9.17) is 4.74 Å². The molecule has 3 fully saturated rings. The third-order valence-electron chi connectivity index (χ3n) is 7.08. The second-order valence-corrected chi connectivity index (χ2v) is 8.94. The Hall–Kier alpha value is -1.75. The van der Waals surface area contributed by atoms with Crippen molar-refractivity contribution in [3.8, 4) is 5.75 Å². The number of nitrogens with zero attached hydrogens (tertiary/aromatic N) is 5. The lowest BCUT2D eigenvalue weighted by atomic mass is 9.84. The fourth-order valence-electron chi connectivity index (χ4n) is 4.73. The SMILES string of the molecule is CN=C(NCCN1CCN(C(=O)C2CCC2)CC1)N1CCN(c2ccc(OC)cc2)CC1.I. The molecule has 0 aromatic heterocycles. The summed E-state index contributed by atoms with van der Waals surface area (Å²) >= 11 is 0. The summed E-state index contributed by atoms with van der Waals surface area (Å²) in [6.07, 6.45) is 3.41. The number of piperazine rings is 2. The van der Waals surface area contributed by atoms with Gasteiger partial charge in [0.1, 0.15) is 5.75 Å². The number of carbonyl (C=O) groups excluding carboxylic acids is 1. The Morgan fingerprint density at radius 1 is 1.00 bits per heavy atom. The molecular weight excluding hydrogens is 531 g/mol. The van der Waals surface area contributed by atoms with Gasteiger partial charge in [-0.25, -0.2) is 0 Å². The van der Waals surface area contributed by atoms with Gasteiger partial charge in [-0.15, -0.1) is 24.0 Å². The van der Waals surface area contributed by atoms with Crippen LogP contribution < -0.4 is 15.0 Å². The summed E-state index contributed by atoms with van der Waals surface area (Å²) in [5.74, 6) is 2.58. The number of aliphatic imine (C=N–C) groups is 1. The van der Waals surface area contributed by atoms with E-state index in [-0.39, 0.29) is 24.0 Å². The highest BCUT2D eigenvalue weighted by Crippen LogP contribution is 2.28. The first kappa shape index (κ1) is 25.9. The molecule has 1 amide bonds. The lowest BCUT2D eigenvalue weighted by Gasteiger charge is -2.39. The average molecular weight is 571 g/mol. The van der Waals surface area contributed by atoms with Crippen LogP contribution in [0.4, 0.5) is 5.69 Å². The number of amides is 1. The van der Waals surface area contributed by atoms with Gasteiger partial charge in [0.05, 0.1) is 7.11 Å². The molecule has 1 N–H and O–H groups in total. The third-order valence-corrected chi connectivity index (χ3v) is 7.08. The van der Waals surface area contributed by atoms with E-state index >= 15 is 0 Å². The Bertz CT molecular complexity index is 770. The molecule has 2 heterocycles. The van der Waals surface area contributed by atoms with Crippen molar-refractivity contribution in [3.05, 3.63) is 24.3 Å². The molecule has 1 aromatic rings. The van der Waals surface area contributed by atoms with Gasteiger partial charge in [-0.2, -0.15) is 0 Å². The predicted octanol–water partition coefficient (Wildman–Crippen LogP) is 1.95. The molecule has 184 valence electrons. The summed E-state index contributed by atoms with van der Waals surface area (Å²) in [6, 6.07) is 8.29. The summed E-state index contributed by atoms with van der Waals surface area (Å²) in [5.41, 5.74) is 1.24. The van der Waals surface area contributed by atoms with Gasteiger partial charge >= 0.3 is 0 Å². The molecule has 4 rings (SSSR count). The number of carbonyl (C=O) groups is 1. The van der Waals surface area contributed by atoms with Crippen molar-refractivity contribution in [2.24, 2.45) is 10.9 Å². The molecular formula is C24H39IN6O2. The molecule has 0 atom stereocenters. The quantitative estimate of drug-likeness (QED) is 0.321. The average Bonchev–Trinajstić information content (AvgIpc) is 2.81. The van der Waals surface area contributed by atoms with Crippen LogP contribution in [0.2, 0.25) is 0 Å². The van der Waals surface area contributed by atoms with Crippen LogP contribution in [0.25, 0.3) is 0 Å². The molecule has 2 saturated heterocycles. The van der Waals surface area contributed by atoms with Crippen molar-refractivity contribution in [1.82, 2.24) is 20.0 Å². The van der Waals surface area contributed by atoms with E-state index in [1.54, 1.807) is 7.11 Å². The highest BCUT2D eigenvalue weighted by atomic mass is 127. The standard InChI is InChI=1S/C24H38N6O2.HI/c1-25-24(30-18-16-28(17-19-30)21-6-8-22(32-2)9-7-21)26-10-11-27-12-14-29(15-13-27)23(31)20-4-3-5-20;/h6-9,20H,3-5,10-19H2,1-2H3,(H,25,26);1H. The van der Waals surface area contributed by atoms with E-state index < -0.39 is 0 Å². The molecule has 0 unspecified atom stereocenters. The van der Waals surface area contributed by atoms with Gasteiger partial charge in [-0.3, -0.25) is 14.7 Å². The van der Waals surface area contributed by atoms with Crippen LogP contribution >= 0.6 is 24.0 Å². The number of halogens is 1. The topological polar surface area (TPSA) is 63.7 Å². The maximum absolute atomic E-state index is 12.4. The van der Waals surface area contributed by atoms with Gasteiger partial charge in [0.15, 0.2) is 5.96 Å². The minimum atomic E-state index is 0. The monoisotopic (exact) mass is 570 g/mol. The van der Waals surface area contributed by atoms with Crippen LogP contribution in [0.5, 0.6) is 5.75 Å². The maximum atomic E-state index is 12.4. The second kappa shape index (κ2) is 12.6. The Balaban J connectivity index is 0.00000306. The first-order valence-electron chi connectivity index (χ1n) is 12.0. The molecule has 2 aliphatic heterocycles. The molecule has 0 bridgehead atoms. The molecule has 9 heteroatoms. The number of guanidine groups is 1. The Morgan fingerprint density at radius 2 is 1.64 bits per heavy atom. The molecule has 3 aliphatic rings. The minimum absolute atomic E-state index is 0. The summed E-state index contributed by atoms with van der Waals surface area (Å²) in [4.78, 5) is 26.2. The number of methoxy groups -OCH3 is 1. The highest BCUT2D eigenvalue weighted by molar-refractivity contribution is 14.0. The zero-order valence-corrected chi connectivity index (χ0v) is 22.4. The van der Waals surface area contributed by atoms with Crippen molar-refractivity contribution in [2.75, 3.05) is 84.5 Å². The first-order valence-corrected chi connectivity index (χ1v) is 12.0. The lowest BCUT2D eigenvalue weighted by Crippen LogP contribution is -2.54. The van der Waals surface area contributed by atoms with E-state index in [0.717, 1.165) is 90.0 Å². The summed E-state index contributed by atoms with van der Waals surface area (Å²) in [6.45, 7) is 9.40. The summed E-state index contributed by atoms with van der Waals surface area (Å²) in [5, 5.41) is 3.55. The molecule has 1 aromatic carbocycles. The van der Waals surface area contributed by atoms with Crippen molar-refractivity contribution in [2.45, 2.75) is 19.3 Å². The van der Waals surface area contributed by atoms with Crippen molar-refractivity contribution in [1.29, 1.82) is 0 Å². The van der Waals surface area contributed by atoms with Gasteiger partial charge in [0.25, 0.3) is 0 Å². The van der Waals surface area contributed by atoms with Crippen molar-refractivity contribution >= 4 is 41.5 Å². The van der Waals surface area contributed by atoms with Gasteiger partial charge in [0, 0.05) is 84.1 Å². The molecule has 0 radical (unpaired) electrons. The van der Waals surface area contributed by atoms with Gasteiger partial charge in [-0.05, 0) is 37.1 Å². The Kier molecular flexibility index (Phi) is 9.91. The van der Waals surface area contributed by atoms with Gasteiger partial charge < -0.3 is 24.8 Å². The number of anilines is 1. The number of nitrogens with one attached hydrogen (secondary N) is 1. The van der Waals surface area contributed by atoms with Crippen LogP contribution in [-0.2, 0) is 4.79 Å². The number of rotatable bonds is 6. The van der Waals surface area contributed by atoms with Crippen LogP contribution in [0.1, 0.15) is 19.3 Å². The molecule has 8 nitrogen and oxygen atoms in total. The van der Waals surface area contributed by atoms with E-state index in [1.165, 1.54) is 12.1 Å². The zero-order chi connectivity index (χ0) is 22.3. The number of benzene rings is 1. The van der Waals surface area contributed by atoms with Gasteiger partial charge in [0.2, 0.25) is 5.91 Å². The molecule has 1 saturated carbocycles. The smallest absolute Gasteiger partial charge is 0.225 e. The third kappa shape index (κ3) is 6.65. The van der Waals surface area contributed by atoms with Crippen LogP contribution in [0.3, 0.4) is 0 Å². The Morgan fingerprint density at radius 3 is 2.18 bits per heavy atom. The van der Waals surface area contributed by atoms with Crippen LogP contribution in [-0.4, -0.2) is 106 Å². The largest absolute Gasteiger partial charge is 0.497 e. The van der Waals surface area contributed by atoms with E-state index in [2.05, 4.69) is 42.0 Å². The highest BCUT2D eigenvalue weighted by Gasteiger charge is 2.31. The number of ether oxygens (including phenoxy) is 1. The maximum Gasteiger partial charge on any atom is 0.225 e. The molecule has 0 spiro atoms. The fraction of sp³-hybridized carbons (Fsp3) is 0.667. The minimum Gasteiger partial charge on any atom is -0.497 e. The van der Waals surface area contributed by atoms with Crippen molar-refractivity contribution in [3.63, 3.8) is 0 Å². The zero-order valence-electron chi connectivity index (χ0n) is 20.0. The molecule has 33 heavy (non-hydrogen) atoms. The van der Waals surface area contributed by atoms with E-state index in [1.807, 2.05) is 19.2 Å². The van der Waals surface area contributed by atoms with Crippen LogP contribution in [0.15, 0.2) is 29.3 Å². The molecule has 1 aliphatic carbocycles. The Labute approximate surface area is 215 Å². The van der Waals surface area contributed by atoms with E-state index in [9.17, 15) is 4.79 Å². The van der Waals surface area contributed by atoms with Crippen LogP contribution in [0, 0.1) is 5.92 Å². The normalized spacial score (nSPS) is 20.2.